The van der Waals surface area contributed by atoms with Gasteiger partial charge in [0, 0.05) is 16.8 Å². The number of hydrogen-bond donors (Lipinski definition) is 3. The van der Waals surface area contributed by atoms with E-state index in [9.17, 15) is 0 Å². The number of rotatable bonds is 9. The summed E-state index contributed by atoms with van der Waals surface area (Å²) in [5, 5.41) is 4.36. The molecule has 0 saturated heterocycles. The molecule has 4 aromatic rings. The molecular formula is C30H29N5. The normalized spacial score (nSPS) is 12.4. The van der Waals surface area contributed by atoms with Crippen molar-refractivity contribution in [3.63, 3.8) is 0 Å². The van der Waals surface area contributed by atoms with Gasteiger partial charge in [0.1, 0.15) is 0 Å². The van der Waals surface area contributed by atoms with Gasteiger partial charge in [0.05, 0.1) is 18.8 Å². The molecule has 5 heteroatoms. The lowest BCUT2D eigenvalue weighted by Gasteiger charge is -2.12. The SMILES string of the molecule is N/C(=C\C(=NCc1ccccc1)c1ccccc1CN/N=C(\N)c1ccccc1)c1ccccc1. The molecule has 0 saturated carbocycles. The van der Waals surface area contributed by atoms with Crippen molar-refractivity contribution in [1.82, 2.24) is 5.43 Å². The van der Waals surface area contributed by atoms with Crippen LogP contribution in [0.1, 0.15) is 27.8 Å². The minimum atomic E-state index is 0.439. The van der Waals surface area contributed by atoms with Crippen LogP contribution in [0.2, 0.25) is 0 Å². The molecule has 0 aliphatic rings. The third kappa shape index (κ3) is 6.68. The molecular weight excluding hydrogens is 430 g/mol. The fourth-order valence-corrected chi connectivity index (χ4v) is 3.64. The van der Waals surface area contributed by atoms with Gasteiger partial charge in [0.15, 0.2) is 5.84 Å². The van der Waals surface area contributed by atoms with Gasteiger partial charge in [-0.1, -0.05) is 115 Å². The van der Waals surface area contributed by atoms with Gasteiger partial charge in [-0.15, -0.1) is 0 Å². The Hall–Kier alpha value is -4.64. The topological polar surface area (TPSA) is 88.8 Å². The number of aliphatic imine (C=N–C) groups is 1. The highest BCUT2D eigenvalue weighted by atomic mass is 15.3. The van der Waals surface area contributed by atoms with E-state index in [2.05, 4.69) is 34.8 Å². The number of benzene rings is 4. The molecule has 0 heterocycles. The quantitative estimate of drug-likeness (QED) is 0.185. The molecule has 0 unspecified atom stereocenters. The molecule has 4 rings (SSSR count). The Bertz CT molecular complexity index is 1310. The van der Waals surface area contributed by atoms with Crippen molar-refractivity contribution in [2.75, 3.05) is 0 Å². The summed E-state index contributed by atoms with van der Waals surface area (Å²) in [4.78, 5) is 4.95. The number of nitrogens with one attached hydrogen (secondary N) is 1. The molecule has 0 aromatic heterocycles. The zero-order valence-electron chi connectivity index (χ0n) is 19.5. The second-order valence-electron chi connectivity index (χ2n) is 8.01. The fraction of sp³-hybridized carbons (Fsp3) is 0.0667. The van der Waals surface area contributed by atoms with Crippen LogP contribution in [0.15, 0.2) is 131 Å². The second-order valence-corrected chi connectivity index (χ2v) is 8.01. The van der Waals surface area contributed by atoms with Crippen LogP contribution in [-0.4, -0.2) is 11.5 Å². The second kappa shape index (κ2) is 12.0. The summed E-state index contributed by atoms with van der Waals surface area (Å²) in [6.45, 7) is 1.04. The van der Waals surface area contributed by atoms with E-state index in [0.29, 0.717) is 24.6 Å². The molecule has 0 spiro atoms. The first-order valence-corrected chi connectivity index (χ1v) is 11.5. The highest BCUT2D eigenvalue weighted by Gasteiger charge is 2.09. The fourth-order valence-electron chi connectivity index (χ4n) is 3.64. The van der Waals surface area contributed by atoms with E-state index in [-0.39, 0.29) is 0 Å². The van der Waals surface area contributed by atoms with Crippen LogP contribution >= 0.6 is 0 Å². The number of nitrogens with zero attached hydrogens (tertiary/aromatic N) is 2. The summed E-state index contributed by atoms with van der Waals surface area (Å²) in [7, 11) is 0. The van der Waals surface area contributed by atoms with Gasteiger partial charge in [0.2, 0.25) is 0 Å². The van der Waals surface area contributed by atoms with Crippen molar-refractivity contribution in [2.45, 2.75) is 13.1 Å². The van der Waals surface area contributed by atoms with E-state index < -0.39 is 0 Å². The van der Waals surface area contributed by atoms with Gasteiger partial charge < -0.3 is 16.9 Å². The van der Waals surface area contributed by atoms with Gasteiger partial charge in [0.25, 0.3) is 0 Å². The average molecular weight is 460 g/mol. The lowest BCUT2D eigenvalue weighted by Crippen LogP contribution is -2.19. The van der Waals surface area contributed by atoms with E-state index in [1.54, 1.807) is 0 Å². The summed E-state index contributed by atoms with van der Waals surface area (Å²) in [6.07, 6.45) is 1.94. The number of nitrogens with two attached hydrogens (primary N) is 2. The summed E-state index contributed by atoms with van der Waals surface area (Å²) < 4.78 is 0. The Morgan fingerprint density at radius 2 is 1.26 bits per heavy atom. The Morgan fingerprint density at radius 3 is 1.94 bits per heavy atom. The Labute approximate surface area is 206 Å². The van der Waals surface area contributed by atoms with Crippen molar-refractivity contribution < 1.29 is 0 Å². The maximum Gasteiger partial charge on any atom is 0.150 e. The highest BCUT2D eigenvalue weighted by Crippen LogP contribution is 2.16. The Balaban J connectivity index is 1.63. The number of amidine groups is 1. The minimum Gasteiger partial charge on any atom is -0.398 e. The molecule has 0 aliphatic heterocycles. The van der Waals surface area contributed by atoms with Crippen LogP contribution in [0.5, 0.6) is 0 Å². The van der Waals surface area contributed by atoms with Crippen molar-refractivity contribution in [3.8, 4) is 0 Å². The molecule has 0 fully saturated rings. The minimum absolute atomic E-state index is 0.439. The number of hydrazone groups is 1. The first-order chi connectivity index (χ1) is 17.2. The van der Waals surface area contributed by atoms with E-state index in [1.165, 1.54) is 0 Å². The number of allylic oxidation sites excluding steroid dienone is 1. The molecule has 0 atom stereocenters. The monoisotopic (exact) mass is 459 g/mol. The average Bonchev–Trinajstić information content (AvgIpc) is 2.93. The van der Waals surface area contributed by atoms with Crippen LogP contribution in [0.4, 0.5) is 0 Å². The predicted octanol–water partition coefficient (Wildman–Crippen LogP) is 5.09. The van der Waals surface area contributed by atoms with Crippen molar-refractivity contribution in [1.29, 1.82) is 0 Å². The van der Waals surface area contributed by atoms with Crippen LogP contribution in [0.25, 0.3) is 5.70 Å². The lowest BCUT2D eigenvalue weighted by atomic mass is 10.0. The predicted molar refractivity (Wildman–Crippen MR) is 146 cm³/mol. The molecule has 5 nitrogen and oxygen atoms in total. The van der Waals surface area contributed by atoms with Gasteiger partial charge in [-0.3, -0.25) is 4.99 Å². The zero-order valence-corrected chi connectivity index (χ0v) is 19.5. The lowest BCUT2D eigenvalue weighted by molar-refractivity contribution is 0.742. The summed E-state index contributed by atoms with van der Waals surface area (Å²) in [5.41, 5.74) is 22.2. The molecule has 4 aromatic carbocycles. The molecule has 0 aliphatic carbocycles. The van der Waals surface area contributed by atoms with Crippen molar-refractivity contribution in [2.24, 2.45) is 21.6 Å². The Kier molecular flexibility index (Phi) is 8.06. The largest absolute Gasteiger partial charge is 0.398 e. The van der Waals surface area contributed by atoms with Crippen LogP contribution < -0.4 is 16.9 Å². The first kappa shape index (κ1) is 23.5. The van der Waals surface area contributed by atoms with E-state index in [0.717, 1.165) is 33.5 Å². The summed E-state index contributed by atoms with van der Waals surface area (Å²) in [6, 6.07) is 37.9. The van der Waals surface area contributed by atoms with Gasteiger partial charge in [-0.05, 0) is 22.8 Å². The van der Waals surface area contributed by atoms with E-state index in [1.807, 2.05) is 97.1 Å². The standard InChI is InChI=1S/C30H29N5/c31-28(24-14-6-2-7-15-24)20-29(33-21-23-12-4-1-5-13-23)27-19-11-10-18-26(27)22-34-35-30(32)25-16-8-3-9-17-25/h1-20,34H,21-22,31H2,(H2,32,35)/b28-20-,33-29?. The zero-order chi connectivity index (χ0) is 24.3. The van der Waals surface area contributed by atoms with Crippen LogP contribution in [0.3, 0.4) is 0 Å². The maximum absolute atomic E-state index is 6.48. The van der Waals surface area contributed by atoms with E-state index in [4.69, 9.17) is 16.5 Å². The molecule has 174 valence electrons. The van der Waals surface area contributed by atoms with Crippen molar-refractivity contribution >= 4 is 17.2 Å². The van der Waals surface area contributed by atoms with Gasteiger partial charge in [-0.25, -0.2) is 0 Å². The summed E-state index contributed by atoms with van der Waals surface area (Å²) in [5.74, 6) is 0.439. The highest BCUT2D eigenvalue weighted by molar-refractivity contribution is 6.12. The number of hydrogen-bond acceptors (Lipinski definition) is 4. The van der Waals surface area contributed by atoms with Gasteiger partial charge >= 0.3 is 0 Å². The third-order valence-electron chi connectivity index (χ3n) is 5.51. The maximum atomic E-state index is 6.48. The Morgan fingerprint density at radius 1 is 0.686 bits per heavy atom. The molecule has 0 amide bonds. The third-order valence-corrected chi connectivity index (χ3v) is 5.51. The smallest absolute Gasteiger partial charge is 0.150 e. The molecule has 0 radical (unpaired) electrons. The molecule has 5 N–H and O–H groups in total. The van der Waals surface area contributed by atoms with Crippen LogP contribution in [-0.2, 0) is 13.1 Å². The van der Waals surface area contributed by atoms with Gasteiger partial charge in [-0.2, -0.15) is 5.10 Å². The molecule has 0 bridgehead atoms. The van der Waals surface area contributed by atoms with E-state index >= 15 is 0 Å². The van der Waals surface area contributed by atoms with Crippen molar-refractivity contribution in [3.05, 3.63) is 149 Å². The first-order valence-electron chi connectivity index (χ1n) is 11.5. The summed E-state index contributed by atoms with van der Waals surface area (Å²) >= 11 is 0. The molecule has 35 heavy (non-hydrogen) atoms. The van der Waals surface area contributed by atoms with Crippen LogP contribution in [0, 0.1) is 0 Å².